The highest BCUT2D eigenvalue weighted by Gasteiger charge is 2.16. The topological polar surface area (TPSA) is 29.9 Å². The number of fused-ring (bicyclic) bond motifs is 1. The van der Waals surface area contributed by atoms with E-state index in [4.69, 9.17) is 17.0 Å². The Morgan fingerprint density at radius 2 is 1.75 bits per heavy atom. The Bertz CT molecular complexity index is 834. The molecular weight excluding hydrogens is 282 g/mol. The summed E-state index contributed by atoms with van der Waals surface area (Å²) in [6, 6.07) is 8.90. The van der Waals surface area contributed by atoms with E-state index < -0.39 is 11.6 Å². The lowest BCUT2D eigenvalue weighted by Crippen LogP contribution is -2.01. The SMILES string of the molecule is COc1cccc2c1[nH]c(=S)n2-c1c(F)cccc1F. The number of methoxy groups -OCH3 is 1. The van der Waals surface area contributed by atoms with Crippen molar-refractivity contribution >= 4 is 23.3 Å². The van der Waals surface area contributed by atoms with Gasteiger partial charge in [0.1, 0.15) is 28.6 Å². The third-order valence-electron chi connectivity index (χ3n) is 3.06. The van der Waals surface area contributed by atoms with Gasteiger partial charge in [-0.05, 0) is 36.5 Å². The van der Waals surface area contributed by atoms with Gasteiger partial charge in [0.05, 0.1) is 12.6 Å². The van der Waals surface area contributed by atoms with Crippen LogP contribution in [0.4, 0.5) is 8.78 Å². The number of hydrogen-bond acceptors (Lipinski definition) is 2. The zero-order valence-electron chi connectivity index (χ0n) is 10.5. The van der Waals surface area contributed by atoms with Crippen LogP contribution in [-0.2, 0) is 0 Å². The second-order valence-electron chi connectivity index (χ2n) is 4.19. The molecule has 0 aliphatic carbocycles. The van der Waals surface area contributed by atoms with Gasteiger partial charge in [-0.25, -0.2) is 8.78 Å². The second-order valence-corrected chi connectivity index (χ2v) is 4.58. The third kappa shape index (κ3) is 1.80. The molecule has 0 saturated carbocycles. The van der Waals surface area contributed by atoms with Crippen molar-refractivity contribution in [3.8, 4) is 11.4 Å². The standard InChI is InChI=1S/C14H10F2N2OS/c1-19-11-7-3-6-10-12(11)17-14(20)18(10)13-8(15)4-2-5-9(13)16/h2-7H,1H3,(H,17,20). The first-order chi connectivity index (χ1) is 9.63. The van der Waals surface area contributed by atoms with Crippen LogP contribution in [0.25, 0.3) is 16.7 Å². The van der Waals surface area contributed by atoms with Crippen molar-refractivity contribution in [1.29, 1.82) is 0 Å². The van der Waals surface area contributed by atoms with E-state index in [2.05, 4.69) is 4.98 Å². The summed E-state index contributed by atoms with van der Waals surface area (Å²) in [7, 11) is 1.52. The van der Waals surface area contributed by atoms with Crippen LogP contribution < -0.4 is 4.74 Å². The number of ether oxygens (including phenoxy) is 1. The van der Waals surface area contributed by atoms with Gasteiger partial charge in [-0.2, -0.15) is 0 Å². The van der Waals surface area contributed by atoms with Crippen molar-refractivity contribution in [3.63, 3.8) is 0 Å². The first-order valence-electron chi connectivity index (χ1n) is 5.85. The van der Waals surface area contributed by atoms with Gasteiger partial charge in [-0.1, -0.05) is 12.1 Å². The average molecular weight is 292 g/mol. The fourth-order valence-electron chi connectivity index (χ4n) is 2.20. The number of rotatable bonds is 2. The van der Waals surface area contributed by atoms with Gasteiger partial charge in [-0.3, -0.25) is 4.57 Å². The molecule has 1 heterocycles. The van der Waals surface area contributed by atoms with Crippen LogP contribution >= 0.6 is 12.2 Å². The summed E-state index contributed by atoms with van der Waals surface area (Å²) in [6.07, 6.45) is 0. The number of H-pyrrole nitrogens is 1. The highest BCUT2D eigenvalue weighted by atomic mass is 32.1. The molecule has 0 aliphatic rings. The molecule has 1 aromatic heterocycles. The quantitative estimate of drug-likeness (QED) is 0.724. The van der Waals surface area contributed by atoms with Crippen molar-refractivity contribution in [2.75, 3.05) is 7.11 Å². The number of aromatic amines is 1. The largest absolute Gasteiger partial charge is 0.494 e. The first kappa shape index (κ1) is 12.8. The normalized spacial score (nSPS) is 10.9. The summed E-state index contributed by atoms with van der Waals surface area (Å²) in [4.78, 5) is 2.92. The molecule has 0 saturated heterocycles. The van der Waals surface area contributed by atoms with Crippen LogP contribution in [0.3, 0.4) is 0 Å². The lowest BCUT2D eigenvalue weighted by molar-refractivity contribution is 0.419. The fourth-order valence-corrected chi connectivity index (χ4v) is 2.49. The number of nitrogens with zero attached hydrogens (tertiary/aromatic N) is 1. The number of imidazole rings is 1. The minimum absolute atomic E-state index is 0.197. The lowest BCUT2D eigenvalue weighted by atomic mass is 10.2. The highest BCUT2D eigenvalue weighted by molar-refractivity contribution is 7.71. The molecule has 0 atom stereocenters. The Hall–Kier alpha value is -2.21. The molecule has 0 spiro atoms. The van der Waals surface area contributed by atoms with E-state index in [9.17, 15) is 8.78 Å². The molecule has 0 radical (unpaired) electrons. The van der Waals surface area contributed by atoms with Gasteiger partial charge in [-0.15, -0.1) is 0 Å². The van der Waals surface area contributed by atoms with Gasteiger partial charge >= 0.3 is 0 Å². The number of halogens is 2. The summed E-state index contributed by atoms with van der Waals surface area (Å²) in [5.41, 5.74) is 0.956. The fraction of sp³-hybridized carbons (Fsp3) is 0.0714. The molecule has 0 bridgehead atoms. The maximum Gasteiger partial charge on any atom is 0.183 e. The van der Waals surface area contributed by atoms with Crippen LogP contribution in [0.5, 0.6) is 5.75 Å². The molecule has 0 aliphatic heterocycles. The summed E-state index contributed by atoms with van der Waals surface area (Å²) in [5, 5.41) is 0. The predicted octanol–water partition coefficient (Wildman–Crippen LogP) is 3.97. The van der Waals surface area contributed by atoms with E-state index in [0.717, 1.165) is 0 Å². The molecular formula is C14H10F2N2OS. The van der Waals surface area contributed by atoms with E-state index in [1.807, 2.05) is 0 Å². The smallest absolute Gasteiger partial charge is 0.183 e. The molecule has 102 valence electrons. The van der Waals surface area contributed by atoms with Gasteiger partial charge < -0.3 is 9.72 Å². The maximum atomic E-state index is 14.0. The van der Waals surface area contributed by atoms with Gasteiger partial charge in [0.15, 0.2) is 4.77 Å². The van der Waals surface area contributed by atoms with E-state index in [1.54, 1.807) is 18.2 Å². The van der Waals surface area contributed by atoms with Crippen LogP contribution in [0.2, 0.25) is 0 Å². The molecule has 0 fully saturated rings. The minimum atomic E-state index is -0.676. The number of hydrogen-bond donors (Lipinski definition) is 1. The monoisotopic (exact) mass is 292 g/mol. The first-order valence-corrected chi connectivity index (χ1v) is 6.26. The van der Waals surface area contributed by atoms with Crippen molar-refractivity contribution in [2.24, 2.45) is 0 Å². The zero-order valence-corrected chi connectivity index (χ0v) is 11.3. The van der Waals surface area contributed by atoms with Crippen molar-refractivity contribution < 1.29 is 13.5 Å². The minimum Gasteiger partial charge on any atom is -0.494 e. The maximum absolute atomic E-state index is 14.0. The molecule has 20 heavy (non-hydrogen) atoms. The Morgan fingerprint density at radius 1 is 1.10 bits per heavy atom. The van der Waals surface area contributed by atoms with Crippen LogP contribution in [0.1, 0.15) is 0 Å². The molecule has 3 rings (SSSR count). The van der Waals surface area contributed by atoms with E-state index in [0.29, 0.717) is 16.8 Å². The van der Waals surface area contributed by atoms with Crippen LogP contribution in [0.15, 0.2) is 36.4 Å². The summed E-state index contributed by atoms with van der Waals surface area (Å²) in [6.45, 7) is 0. The van der Waals surface area contributed by atoms with Gasteiger partial charge in [0.2, 0.25) is 0 Å². The van der Waals surface area contributed by atoms with E-state index >= 15 is 0 Å². The summed E-state index contributed by atoms with van der Waals surface area (Å²) in [5.74, 6) is -0.793. The van der Waals surface area contributed by atoms with Crippen LogP contribution in [0, 0.1) is 16.4 Å². The molecule has 6 heteroatoms. The summed E-state index contributed by atoms with van der Waals surface area (Å²) >= 11 is 5.18. The number of para-hydroxylation sites is 2. The molecule has 3 nitrogen and oxygen atoms in total. The number of benzene rings is 2. The zero-order chi connectivity index (χ0) is 14.3. The van der Waals surface area contributed by atoms with Gasteiger partial charge in [0.25, 0.3) is 0 Å². The Labute approximate surface area is 118 Å². The summed E-state index contributed by atoms with van der Waals surface area (Å²) < 4.78 is 34.7. The molecule has 0 unspecified atom stereocenters. The number of nitrogens with one attached hydrogen (secondary N) is 1. The third-order valence-corrected chi connectivity index (χ3v) is 3.35. The Kier molecular flexibility index (Phi) is 3.02. The van der Waals surface area contributed by atoms with Crippen molar-refractivity contribution in [3.05, 3.63) is 52.8 Å². The molecule has 2 aromatic carbocycles. The average Bonchev–Trinajstić information content (AvgIpc) is 2.75. The predicted molar refractivity (Wildman–Crippen MR) is 74.9 cm³/mol. The molecule has 1 N–H and O–H groups in total. The number of aromatic nitrogens is 2. The second kappa shape index (κ2) is 4.72. The molecule has 3 aromatic rings. The lowest BCUT2D eigenvalue weighted by Gasteiger charge is -2.07. The molecule has 0 amide bonds. The Morgan fingerprint density at radius 3 is 2.40 bits per heavy atom. The Balaban J connectivity index is 2.44. The highest BCUT2D eigenvalue weighted by Crippen LogP contribution is 2.28. The van der Waals surface area contributed by atoms with Gasteiger partial charge in [0, 0.05) is 0 Å². The van der Waals surface area contributed by atoms with Crippen molar-refractivity contribution in [2.45, 2.75) is 0 Å². The van der Waals surface area contributed by atoms with Crippen molar-refractivity contribution in [1.82, 2.24) is 9.55 Å². The van der Waals surface area contributed by atoms with E-state index in [1.165, 1.54) is 29.9 Å². The van der Waals surface area contributed by atoms with E-state index in [-0.39, 0.29) is 10.5 Å². The van der Waals surface area contributed by atoms with Crippen LogP contribution in [-0.4, -0.2) is 16.7 Å².